The molecule has 142 valence electrons. The number of aliphatic hydroxyl groups excluding tert-OH is 1. The first kappa shape index (κ1) is 18.1. The zero-order valence-corrected chi connectivity index (χ0v) is 14.7. The lowest BCUT2D eigenvalue weighted by Crippen LogP contribution is -2.45. The van der Waals surface area contributed by atoms with E-state index in [4.69, 9.17) is 10.7 Å². The molecule has 1 aliphatic carbocycles. The predicted molar refractivity (Wildman–Crippen MR) is 107 cm³/mol. The van der Waals surface area contributed by atoms with Gasteiger partial charge in [-0.15, -0.1) is 0 Å². The van der Waals surface area contributed by atoms with Crippen molar-refractivity contribution in [2.75, 3.05) is 18.0 Å². The number of anilines is 1. The molecular weight excluding hydrogens is 338 g/mol. The molecule has 0 unspecified atom stereocenters. The van der Waals surface area contributed by atoms with Gasteiger partial charge in [0.1, 0.15) is 11.4 Å². The van der Waals surface area contributed by atoms with Crippen LogP contribution in [0.25, 0.3) is 0 Å². The van der Waals surface area contributed by atoms with Gasteiger partial charge in [0.05, 0.1) is 18.8 Å². The molecule has 1 atom stereocenters. The number of fused-ring (bicyclic) bond motifs is 2. The van der Waals surface area contributed by atoms with E-state index < -0.39 is 0 Å². The number of hydrogen-bond donors (Lipinski definition) is 2. The first-order valence-electron chi connectivity index (χ1n) is 9.29. The molecule has 5 rings (SSSR count). The summed E-state index contributed by atoms with van der Waals surface area (Å²) in [5.41, 5.74) is 11.9. The normalized spacial score (nSPS) is 21.9. The molecule has 1 spiro atoms. The van der Waals surface area contributed by atoms with Gasteiger partial charge in [-0.1, -0.05) is 31.7 Å². The van der Waals surface area contributed by atoms with Crippen LogP contribution in [0.5, 0.6) is 0 Å². The van der Waals surface area contributed by atoms with E-state index >= 15 is 0 Å². The van der Waals surface area contributed by atoms with Crippen molar-refractivity contribution < 1.29 is 5.11 Å². The van der Waals surface area contributed by atoms with Crippen molar-refractivity contribution in [3.05, 3.63) is 52.5 Å². The third kappa shape index (κ3) is 2.75. The summed E-state index contributed by atoms with van der Waals surface area (Å²) in [6, 6.07) is 8.69. The Bertz CT molecular complexity index is 886. The highest BCUT2D eigenvalue weighted by molar-refractivity contribution is 5.81. The smallest absolute Gasteiger partial charge is 0.153 e. The number of nitrogens with zero attached hydrogens (tertiary/aromatic N) is 4. The molecule has 0 radical (unpaired) electrons. The van der Waals surface area contributed by atoms with Gasteiger partial charge in [0.15, 0.2) is 5.82 Å². The Balaban J connectivity index is 0.00000180. The van der Waals surface area contributed by atoms with Crippen LogP contribution < -0.4 is 10.6 Å². The van der Waals surface area contributed by atoms with Gasteiger partial charge < -0.3 is 15.7 Å². The van der Waals surface area contributed by atoms with E-state index in [0.29, 0.717) is 12.2 Å². The Labute approximate surface area is 160 Å². The van der Waals surface area contributed by atoms with Crippen LogP contribution in [0.4, 0.5) is 5.82 Å². The standard InChI is InChI=1S/C20H23N5O.CH4/c21-18-14-4-2-1-3-13(14)9-20(18)5-7-25(8-6-20)19-17(12-26)23-15-10-22-11-16(15)24-19;/h1-4,10,18,26H,5-9,11-12,21H2;1H4/t18-;/m1./s1. The second kappa shape index (κ2) is 6.69. The molecule has 1 aromatic heterocycles. The third-order valence-corrected chi connectivity index (χ3v) is 6.31. The van der Waals surface area contributed by atoms with Crippen LogP contribution in [-0.4, -0.2) is 34.4 Å². The van der Waals surface area contributed by atoms with Crippen molar-refractivity contribution in [3.8, 4) is 0 Å². The minimum atomic E-state index is -0.101. The molecule has 0 bridgehead atoms. The van der Waals surface area contributed by atoms with E-state index in [2.05, 4.69) is 39.1 Å². The lowest BCUT2D eigenvalue weighted by molar-refractivity contribution is 0.186. The highest BCUT2D eigenvalue weighted by Gasteiger charge is 2.46. The second-order valence-corrected chi connectivity index (χ2v) is 7.66. The molecule has 2 aromatic rings. The molecule has 2 aliphatic heterocycles. The number of benzene rings is 1. The monoisotopic (exact) mass is 365 g/mol. The number of aliphatic hydroxyl groups is 1. The van der Waals surface area contributed by atoms with Crippen LogP contribution in [0, 0.1) is 5.41 Å². The molecule has 1 fully saturated rings. The predicted octanol–water partition coefficient (Wildman–Crippen LogP) is 2.38. The van der Waals surface area contributed by atoms with Crippen molar-refractivity contribution in [1.82, 2.24) is 9.97 Å². The Hall–Kier alpha value is -2.31. The van der Waals surface area contributed by atoms with Gasteiger partial charge in [0, 0.05) is 25.3 Å². The van der Waals surface area contributed by atoms with Crippen LogP contribution >= 0.6 is 0 Å². The van der Waals surface area contributed by atoms with Crippen molar-refractivity contribution in [2.45, 2.75) is 45.9 Å². The summed E-state index contributed by atoms with van der Waals surface area (Å²) in [7, 11) is 0. The van der Waals surface area contributed by atoms with Crippen LogP contribution in [-0.2, 0) is 19.6 Å². The first-order valence-corrected chi connectivity index (χ1v) is 9.29. The molecule has 1 aromatic carbocycles. The summed E-state index contributed by atoms with van der Waals surface area (Å²) in [5.74, 6) is 0.815. The topological polar surface area (TPSA) is 87.6 Å². The second-order valence-electron chi connectivity index (χ2n) is 7.66. The van der Waals surface area contributed by atoms with E-state index in [1.165, 1.54) is 11.1 Å². The minimum absolute atomic E-state index is 0. The van der Waals surface area contributed by atoms with E-state index in [-0.39, 0.29) is 25.5 Å². The van der Waals surface area contributed by atoms with E-state index in [9.17, 15) is 5.11 Å². The van der Waals surface area contributed by atoms with Gasteiger partial charge in [-0.3, -0.25) is 4.99 Å². The Morgan fingerprint density at radius 1 is 1.19 bits per heavy atom. The summed E-state index contributed by atoms with van der Waals surface area (Å²) in [4.78, 5) is 15.8. The highest BCUT2D eigenvalue weighted by atomic mass is 16.3. The fourth-order valence-corrected chi connectivity index (χ4v) is 4.78. The summed E-state index contributed by atoms with van der Waals surface area (Å²) < 4.78 is 0. The molecule has 6 nitrogen and oxygen atoms in total. The Morgan fingerprint density at radius 2 is 1.96 bits per heavy atom. The third-order valence-electron chi connectivity index (χ3n) is 6.31. The number of piperidine rings is 1. The fraction of sp³-hybridized carbons (Fsp3) is 0.476. The highest BCUT2D eigenvalue weighted by Crippen LogP contribution is 2.51. The summed E-state index contributed by atoms with van der Waals surface area (Å²) in [6.45, 7) is 2.26. The van der Waals surface area contributed by atoms with Crippen molar-refractivity contribution in [2.24, 2.45) is 16.1 Å². The molecule has 1 saturated heterocycles. The first-order chi connectivity index (χ1) is 12.7. The van der Waals surface area contributed by atoms with Gasteiger partial charge in [-0.25, -0.2) is 9.97 Å². The minimum Gasteiger partial charge on any atom is -0.390 e. The fourth-order valence-electron chi connectivity index (χ4n) is 4.78. The summed E-state index contributed by atoms with van der Waals surface area (Å²) in [6.07, 6.45) is 4.87. The van der Waals surface area contributed by atoms with Crippen molar-refractivity contribution in [3.63, 3.8) is 0 Å². The van der Waals surface area contributed by atoms with E-state index in [1.807, 2.05) is 0 Å². The number of rotatable bonds is 2. The molecule has 0 amide bonds. The lowest BCUT2D eigenvalue weighted by atomic mass is 9.73. The molecule has 3 heterocycles. The average Bonchev–Trinajstić information content (AvgIpc) is 3.24. The van der Waals surface area contributed by atoms with Gasteiger partial charge in [-0.2, -0.15) is 0 Å². The quantitative estimate of drug-likeness (QED) is 0.853. The molecule has 3 N–H and O–H groups in total. The molecule has 6 heteroatoms. The van der Waals surface area contributed by atoms with E-state index in [0.717, 1.165) is 49.6 Å². The zero-order valence-electron chi connectivity index (χ0n) is 14.7. The zero-order chi connectivity index (χ0) is 17.7. The maximum absolute atomic E-state index is 9.75. The number of hydrogen-bond acceptors (Lipinski definition) is 6. The van der Waals surface area contributed by atoms with E-state index in [1.54, 1.807) is 6.21 Å². The molecular formula is C21H27N5O. The van der Waals surface area contributed by atoms with Crippen molar-refractivity contribution in [1.29, 1.82) is 0 Å². The van der Waals surface area contributed by atoms with Crippen LogP contribution in [0.3, 0.4) is 0 Å². The van der Waals surface area contributed by atoms with Crippen LogP contribution in [0.15, 0.2) is 29.3 Å². The van der Waals surface area contributed by atoms with Gasteiger partial charge in [0.2, 0.25) is 0 Å². The van der Waals surface area contributed by atoms with Crippen molar-refractivity contribution >= 4 is 12.0 Å². The SMILES string of the molecule is C.N[C@@H]1c2ccccc2CC12CCN(c1nc3c(nc1CO)C=NC3)CC2. The Morgan fingerprint density at radius 3 is 2.70 bits per heavy atom. The average molecular weight is 365 g/mol. The maximum atomic E-state index is 9.75. The number of aliphatic imine (C=N–C) groups is 1. The molecule has 0 saturated carbocycles. The maximum Gasteiger partial charge on any atom is 0.153 e. The lowest BCUT2D eigenvalue weighted by Gasteiger charge is -2.43. The molecule has 3 aliphatic rings. The van der Waals surface area contributed by atoms with Gasteiger partial charge in [-0.05, 0) is 35.8 Å². The molecule has 27 heavy (non-hydrogen) atoms. The number of nitrogens with two attached hydrogens (primary N) is 1. The van der Waals surface area contributed by atoms with Crippen LogP contribution in [0.2, 0.25) is 0 Å². The van der Waals surface area contributed by atoms with Gasteiger partial charge >= 0.3 is 0 Å². The largest absolute Gasteiger partial charge is 0.390 e. The summed E-state index contributed by atoms with van der Waals surface area (Å²) in [5, 5.41) is 9.75. The number of aromatic nitrogens is 2. The summed E-state index contributed by atoms with van der Waals surface area (Å²) >= 11 is 0. The Kier molecular flexibility index (Phi) is 4.48. The van der Waals surface area contributed by atoms with Gasteiger partial charge in [0.25, 0.3) is 0 Å². The van der Waals surface area contributed by atoms with Crippen LogP contribution in [0.1, 0.15) is 54.5 Å².